The molecular weight excluding hydrogens is 580 g/mol. The average molecular weight is 637 g/mol. The van der Waals surface area contributed by atoms with Crippen molar-refractivity contribution >= 4 is 0 Å². The molecule has 8 aliphatic rings. The summed E-state index contributed by atoms with van der Waals surface area (Å²) in [6, 6.07) is 0. The van der Waals surface area contributed by atoms with Crippen molar-refractivity contribution in [2.24, 2.45) is 50.7 Å². The molecule has 0 aromatic heterocycles. The second-order valence-electron chi connectivity index (χ2n) is 18.4. The first-order valence-electron chi connectivity index (χ1n) is 17.6. The lowest BCUT2D eigenvalue weighted by atomic mass is 9.41. The van der Waals surface area contributed by atoms with Gasteiger partial charge in [0.2, 0.25) is 0 Å². The van der Waals surface area contributed by atoms with Crippen molar-refractivity contribution in [1.29, 1.82) is 0 Å². The summed E-state index contributed by atoms with van der Waals surface area (Å²) in [5, 5.41) is 66.7. The van der Waals surface area contributed by atoms with Crippen LogP contribution in [0.15, 0.2) is 0 Å². The maximum Gasteiger partial charge on any atom is 0.199 e. The van der Waals surface area contributed by atoms with E-state index in [4.69, 9.17) is 18.9 Å². The lowest BCUT2D eigenvalue weighted by Gasteiger charge is -2.64. The molecule has 0 amide bonds. The molecule has 3 saturated heterocycles. The van der Waals surface area contributed by atoms with Crippen molar-refractivity contribution in [2.45, 2.75) is 160 Å². The highest BCUT2D eigenvalue weighted by molar-refractivity contribution is 5.35. The molecule has 18 atom stereocenters. The van der Waals surface area contributed by atoms with Crippen molar-refractivity contribution in [2.75, 3.05) is 6.61 Å². The van der Waals surface area contributed by atoms with E-state index in [2.05, 4.69) is 34.6 Å². The molecule has 6 N–H and O–H groups in total. The fraction of sp³-hybridized carbons (Fsp3) is 1.00. The molecule has 10 nitrogen and oxygen atoms in total. The van der Waals surface area contributed by atoms with Gasteiger partial charge in [0.15, 0.2) is 12.1 Å². The van der Waals surface area contributed by atoms with Crippen molar-refractivity contribution in [3.8, 4) is 0 Å². The summed E-state index contributed by atoms with van der Waals surface area (Å²) in [5.41, 5.74) is -2.59. The van der Waals surface area contributed by atoms with E-state index in [1.165, 1.54) is 0 Å². The monoisotopic (exact) mass is 636 g/mol. The zero-order valence-corrected chi connectivity index (χ0v) is 28.0. The lowest BCUT2D eigenvalue weighted by Crippen LogP contribution is -2.64. The van der Waals surface area contributed by atoms with E-state index in [0.29, 0.717) is 6.42 Å². The third-order valence-electron chi connectivity index (χ3n) is 15.9. The summed E-state index contributed by atoms with van der Waals surface area (Å²) < 4.78 is 25.6. The molecule has 256 valence electrons. The molecule has 3 aliphatic heterocycles. The van der Waals surface area contributed by atoms with Gasteiger partial charge in [0.25, 0.3) is 0 Å². The van der Waals surface area contributed by atoms with Crippen LogP contribution in [0, 0.1) is 50.7 Å². The summed E-state index contributed by atoms with van der Waals surface area (Å²) in [5.74, 6) is -0.537. The smallest absolute Gasteiger partial charge is 0.199 e. The van der Waals surface area contributed by atoms with Gasteiger partial charge in [-0.15, -0.1) is 0 Å². The molecule has 5 saturated carbocycles. The first-order chi connectivity index (χ1) is 20.8. The number of hydrogen-bond donors (Lipinski definition) is 6. The van der Waals surface area contributed by atoms with Crippen molar-refractivity contribution < 1.29 is 49.6 Å². The minimum absolute atomic E-state index is 0.000311. The highest BCUT2D eigenvalue weighted by Gasteiger charge is 2.89. The molecule has 3 heterocycles. The van der Waals surface area contributed by atoms with Crippen LogP contribution < -0.4 is 0 Å². The maximum absolute atomic E-state index is 12.7. The minimum Gasteiger partial charge on any atom is -0.392 e. The van der Waals surface area contributed by atoms with E-state index < -0.39 is 65.8 Å². The molecule has 8 rings (SSSR count). The van der Waals surface area contributed by atoms with Gasteiger partial charge in [-0.05, 0) is 86.4 Å². The summed E-state index contributed by atoms with van der Waals surface area (Å²) in [6.45, 7) is 14.7. The Kier molecular flexibility index (Phi) is 6.53. The summed E-state index contributed by atoms with van der Waals surface area (Å²) in [7, 11) is 0. The first kappa shape index (κ1) is 31.8. The van der Waals surface area contributed by atoms with E-state index in [1.54, 1.807) is 13.8 Å². The molecule has 0 unspecified atom stereocenters. The summed E-state index contributed by atoms with van der Waals surface area (Å²) in [4.78, 5) is 0. The third kappa shape index (κ3) is 3.51. The van der Waals surface area contributed by atoms with Gasteiger partial charge in [0.05, 0.1) is 30.5 Å². The molecule has 5 aliphatic carbocycles. The van der Waals surface area contributed by atoms with Gasteiger partial charge in [-0.1, -0.05) is 34.6 Å². The Labute approximate surface area is 266 Å². The maximum atomic E-state index is 12.7. The normalized spacial score (nSPS) is 62.7. The van der Waals surface area contributed by atoms with Gasteiger partial charge < -0.3 is 49.6 Å². The number of aliphatic hydroxyl groups is 6. The Morgan fingerprint density at radius 3 is 2.24 bits per heavy atom. The number of fused-ring (bicyclic) bond motifs is 4. The van der Waals surface area contributed by atoms with Crippen LogP contribution in [0.2, 0.25) is 0 Å². The van der Waals surface area contributed by atoms with E-state index in [1.807, 2.05) is 0 Å². The molecule has 0 radical (unpaired) electrons. The predicted molar refractivity (Wildman–Crippen MR) is 160 cm³/mol. The van der Waals surface area contributed by atoms with E-state index in [0.717, 1.165) is 38.5 Å². The molecular formula is C35H56O10. The highest BCUT2D eigenvalue weighted by atomic mass is 16.8. The van der Waals surface area contributed by atoms with Crippen molar-refractivity contribution in [1.82, 2.24) is 0 Å². The van der Waals surface area contributed by atoms with Gasteiger partial charge in [0.1, 0.15) is 30.5 Å². The van der Waals surface area contributed by atoms with Gasteiger partial charge in [0, 0.05) is 23.2 Å². The largest absolute Gasteiger partial charge is 0.392 e. The molecule has 10 heteroatoms. The lowest BCUT2D eigenvalue weighted by molar-refractivity contribution is -0.309. The quantitative estimate of drug-likeness (QED) is 0.254. The Bertz CT molecular complexity index is 1240. The average Bonchev–Trinajstić information content (AvgIpc) is 3.51. The van der Waals surface area contributed by atoms with Crippen LogP contribution in [0.1, 0.15) is 93.4 Å². The Hall–Kier alpha value is -0.400. The van der Waals surface area contributed by atoms with Crippen LogP contribution in [0.4, 0.5) is 0 Å². The summed E-state index contributed by atoms with van der Waals surface area (Å²) >= 11 is 0. The third-order valence-corrected chi connectivity index (χ3v) is 15.9. The predicted octanol–water partition coefficient (Wildman–Crippen LogP) is 2.09. The zero-order valence-electron chi connectivity index (χ0n) is 28.0. The first-order valence-corrected chi connectivity index (χ1v) is 17.6. The van der Waals surface area contributed by atoms with Crippen LogP contribution >= 0.6 is 0 Å². The second-order valence-corrected chi connectivity index (χ2v) is 18.4. The van der Waals surface area contributed by atoms with E-state index in [-0.39, 0.29) is 58.0 Å². The molecule has 0 aromatic rings. The van der Waals surface area contributed by atoms with Crippen molar-refractivity contribution in [3.63, 3.8) is 0 Å². The van der Waals surface area contributed by atoms with Gasteiger partial charge >= 0.3 is 0 Å². The molecule has 0 aromatic carbocycles. The Balaban J connectivity index is 1.12. The number of hydrogen-bond acceptors (Lipinski definition) is 10. The minimum atomic E-state index is -1.37. The van der Waals surface area contributed by atoms with E-state index >= 15 is 0 Å². The van der Waals surface area contributed by atoms with Gasteiger partial charge in [-0.3, -0.25) is 0 Å². The van der Waals surface area contributed by atoms with Crippen LogP contribution in [-0.4, -0.2) is 104 Å². The fourth-order valence-corrected chi connectivity index (χ4v) is 13.9. The van der Waals surface area contributed by atoms with Crippen LogP contribution in [-0.2, 0) is 18.9 Å². The van der Waals surface area contributed by atoms with Crippen LogP contribution in [0.25, 0.3) is 0 Å². The van der Waals surface area contributed by atoms with Gasteiger partial charge in [-0.25, -0.2) is 0 Å². The molecule has 3 spiro atoms. The Morgan fingerprint density at radius 1 is 0.867 bits per heavy atom. The molecule has 8 fully saturated rings. The summed E-state index contributed by atoms with van der Waals surface area (Å²) in [6.07, 6.45) is -1.79. The SMILES string of the molecule is C[C@@H]1C[C@H]2O[C@@]3(O[C@@H]2C(C)(C)O)[C@@H](O)[C@@]2(C)[C@H]4CC[C@H]5C(C)(C)[C@@H](O[C@@H]6OC[C@H](O)[C@H](O)[C@H]6O)C[C@H](O)[C@@]56C[C@@]46CC[C@]2(C)[C@@H]13. The standard InChI is InChI=1S/C35H56O10/c1-16-12-18-26(30(4,5)41)45-35(44-18)25(16)31(6)10-11-33-15-34(33)19(8-9-20(33)32(31,7)28(35)40)29(2,3)22(13-21(34)37)43-27-24(39)23(38)17(36)14-42-27/h16-28,36-41H,8-15H2,1-7H3/t16-,17+,18-,19+,20-,21+,22+,23+,24-,25-,26+,27+,28+,31-,32-,33+,34-,35+/m1/s1. The van der Waals surface area contributed by atoms with E-state index in [9.17, 15) is 30.6 Å². The zero-order chi connectivity index (χ0) is 32.5. The molecule has 2 bridgehead atoms. The van der Waals surface area contributed by atoms with Gasteiger partial charge in [-0.2, -0.15) is 0 Å². The van der Waals surface area contributed by atoms with Crippen LogP contribution in [0.3, 0.4) is 0 Å². The number of rotatable bonds is 3. The second kappa shape index (κ2) is 9.23. The number of ether oxygens (including phenoxy) is 4. The van der Waals surface area contributed by atoms with Crippen LogP contribution in [0.5, 0.6) is 0 Å². The highest BCUT2D eigenvalue weighted by Crippen LogP contribution is 2.90. The number of aliphatic hydroxyl groups excluding tert-OH is 5. The molecule has 45 heavy (non-hydrogen) atoms. The van der Waals surface area contributed by atoms with Crippen molar-refractivity contribution in [3.05, 3.63) is 0 Å². The topological polar surface area (TPSA) is 158 Å². The Morgan fingerprint density at radius 2 is 1.56 bits per heavy atom. The fourth-order valence-electron chi connectivity index (χ4n) is 13.9.